The highest BCUT2D eigenvalue weighted by molar-refractivity contribution is 5.93. The van der Waals surface area contributed by atoms with Gasteiger partial charge in [0, 0.05) is 29.6 Å². The van der Waals surface area contributed by atoms with Crippen molar-refractivity contribution in [2.45, 2.75) is 62.9 Å². The molecule has 39 heavy (non-hydrogen) atoms. The first kappa shape index (κ1) is 25.6. The number of benzene rings is 3. The van der Waals surface area contributed by atoms with E-state index in [4.69, 9.17) is 9.47 Å². The second-order valence-corrected chi connectivity index (χ2v) is 10.8. The van der Waals surface area contributed by atoms with Gasteiger partial charge in [-0.1, -0.05) is 61.0 Å². The van der Waals surface area contributed by atoms with Crippen LogP contribution in [0.15, 0.2) is 72.8 Å². The van der Waals surface area contributed by atoms with Gasteiger partial charge in [-0.15, -0.1) is 0 Å². The van der Waals surface area contributed by atoms with Crippen LogP contribution in [0.25, 0.3) is 11.1 Å². The Hall–Kier alpha value is -3.68. The summed E-state index contributed by atoms with van der Waals surface area (Å²) < 4.78 is 12.3. The zero-order chi connectivity index (χ0) is 26.8. The van der Waals surface area contributed by atoms with E-state index >= 15 is 0 Å². The highest BCUT2D eigenvalue weighted by Crippen LogP contribution is 2.47. The minimum absolute atomic E-state index is 0.0187. The standard InChI is InChI=1S/C32H34N2O5/c35-19-29-31-27(26-15-24(13-14-28(26)39-31)34-32(37)23-7-4-8-23)16-25(38-29)17-30(36)33-18-20-9-11-22(12-10-20)21-5-2-1-3-6-21/h1-3,5-6,9-15,23,25,27,29,31,35H,4,7-8,16-19H2,(H,33,36)(H,34,37)/t25-,27+,29-,31-/m0/s1. The van der Waals surface area contributed by atoms with E-state index in [9.17, 15) is 14.7 Å². The van der Waals surface area contributed by atoms with E-state index in [1.807, 2.05) is 48.5 Å². The Balaban J connectivity index is 1.07. The van der Waals surface area contributed by atoms with E-state index in [-0.39, 0.29) is 48.9 Å². The summed E-state index contributed by atoms with van der Waals surface area (Å²) in [6, 6.07) is 24.1. The fraction of sp³-hybridized carbons (Fsp3) is 0.375. The SMILES string of the molecule is O=C(C[C@@H]1C[C@@H]2c3cc(NC(=O)C4CCC4)ccc3O[C@@H]2[C@H](CO)O1)NCc1ccc(-c2ccccc2)cc1. The van der Waals surface area contributed by atoms with Gasteiger partial charge in [0.15, 0.2) is 0 Å². The quantitative estimate of drug-likeness (QED) is 0.392. The molecule has 0 aromatic heterocycles. The molecule has 3 N–H and O–H groups in total. The second kappa shape index (κ2) is 11.2. The second-order valence-electron chi connectivity index (χ2n) is 10.8. The molecule has 0 radical (unpaired) electrons. The lowest BCUT2D eigenvalue weighted by molar-refractivity contribution is -0.142. The third-order valence-corrected chi connectivity index (χ3v) is 8.21. The molecular formula is C32H34N2O5. The number of ether oxygens (including phenoxy) is 2. The van der Waals surface area contributed by atoms with Gasteiger partial charge in [-0.25, -0.2) is 0 Å². The Morgan fingerprint density at radius 1 is 0.949 bits per heavy atom. The monoisotopic (exact) mass is 526 g/mol. The van der Waals surface area contributed by atoms with Gasteiger partial charge in [-0.2, -0.15) is 0 Å². The first-order valence-corrected chi connectivity index (χ1v) is 13.9. The number of nitrogens with one attached hydrogen (secondary N) is 2. The van der Waals surface area contributed by atoms with E-state index in [0.29, 0.717) is 13.0 Å². The summed E-state index contributed by atoms with van der Waals surface area (Å²) in [5.41, 5.74) is 5.07. The molecule has 3 aliphatic rings. The molecule has 7 heteroatoms. The Morgan fingerprint density at radius 3 is 2.44 bits per heavy atom. The van der Waals surface area contributed by atoms with Crippen LogP contribution in [0.4, 0.5) is 5.69 Å². The maximum atomic E-state index is 12.8. The number of rotatable bonds is 8. The van der Waals surface area contributed by atoms with Crippen LogP contribution in [0.5, 0.6) is 5.75 Å². The van der Waals surface area contributed by atoms with Crippen molar-refractivity contribution >= 4 is 17.5 Å². The highest BCUT2D eigenvalue weighted by Gasteiger charge is 2.46. The lowest BCUT2D eigenvalue weighted by Gasteiger charge is -2.37. The largest absolute Gasteiger partial charge is 0.487 e. The third kappa shape index (κ3) is 5.56. The molecule has 2 heterocycles. The number of aliphatic hydroxyl groups excluding tert-OH is 1. The molecule has 4 atom stereocenters. The normalized spacial score (nSPS) is 23.6. The maximum Gasteiger partial charge on any atom is 0.227 e. The summed E-state index contributed by atoms with van der Waals surface area (Å²) in [5.74, 6) is 0.811. The minimum atomic E-state index is -0.521. The molecule has 2 aliphatic heterocycles. The molecule has 7 nitrogen and oxygen atoms in total. The average Bonchev–Trinajstić information content (AvgIpc) is 3.29. The molecule has 2 amide bonds. The number of carbonyl (C=O) groups excluding carboxylic acids is 2. The van der Waals surface area contributed by atoms with E-state index < -0.39 is 6.10 Å². The smallest absolute Gasteiger partial charge is 0.227 e. The van der Waals surface area contributed by atoms with Crippen LogP contribution in [0.2, 0.25) is 0 Å². The van der Waals surface area contributed by atoms with Crippen LogP contribution in [-0.4, -0.2) is 41.8 Å². The summed E-state index contributed by atoms with van der Waals surface area (Å²) >= 11 is 0. The molecule has 1 aliphatic carbocycles. The van der Waals surface area contributed by atoms with E-state index in [0.717, 1.165) is 53.0 Å². The van der Waals surface area contributed by atoms with Crippen LogP contribution < -0.4 is 15.4 Å². The first-order chi connectivity index (χ1) is 19.1. The number of fused-ring (bicyclic) bond motifs is 3. The average molecular weight is 527 g/mol. The summed E-state index contributed by atoms with van der Waals surface area (Å²) in [7, 11) is 0. The van der Waals surface area contributed by atoms with Crippen LogP contribution >= 0.6 is 0 Å². The molecule has 1 saturated carbocycles. The maximum absolute atomic E-state index is 12.8. The molecule has 2 fully saturated rings. The summed E-state index contributed by atoms with van der Waals surface area (Å²) in [5, 5.41) is 16.1. The summed E-state index contributed by atoms with van der Waals surface area (Å²) in [4.78, 5) is 25.3. The highest BCUT2D eigenvalue weighted by atomic mass is 16.6. The predicted molar refractivity (Wildman–Crippen MR) is 148 cm³/mol. The van der Waals surface area contributed by atoms with E-state index in [2.05, 4.69) is 34.9 Å². The third-order valence-electron chi connectivity index (χ3n) is 8.21. The van der Waals surface area contributed by atoms with E-state index in [1.165, 1.54) is 0 Å². The van der Waals surface area contributed by atoms with Gasteiger partial charge in [0.05, 0.1) is 19.1 Å². The minimum Gasteiger partial charge on any atom is -0.487 e. The summed E-state index contributed by atoms with van der Waals surface area (Å²) in [6.45, 7) is 0.248. The predicted octanol–water partition coefficient (Wildman–Crippen LogP) is 4.79. The summed E-state index contributed by atoms with van der Waals surface area (Å²) in [6.07, 6.45) is 2.64. The molecule has 3 aromatic rings. The Kier molecular flexibility index (Phi) is 7.35. The first-order valence-electron chi connectivity index (χ1n) is 13.9. The van der Waals surface area contributed by atoms with Crippen LogP contribution in [0.3, 0.4) is 0 Å². The zero-order valence-corrected chi connectivity index (χ0v) is 21.8. The fourth-order valence-corrected chi connectivity index (χ4v) is 5.81. The van der Waals surface area contributed by atoms with E-state index in [1.54, 1.807) is 0 Å². The van der Waals surface area contributed by atoms with Gasteiger partial charge < -0.3 is 25.2 Å². The Morgan fingerprint density at radius 2 is 1.72 bits per heavy atom. The molecular weight excluding hydrogens is 492 g/mol. The number of amides is 2. The van der Waals surface area contributed by atoms with Crippen molar-refractivity contribution in [2.24, 2.45) is 5.92 Å². The number of hydrogen-bond donors (Lipinski definition) is 3. The van der Waals surface area contributed by atoms with Crippen molar-refractivity contribution in [1.82, 2.24) is 5.32 Å². The number of carbonyl (C=O) groups is 2. The van der Waals surface area contributed by atoms with Gasteiger partial charge in [-0.3, -0.25) is 9.59 Å². The van der Waals surface area contributed by atoms with Crippen molar-refractivity contribution in [2.75, 3.05) is 11.9 Å². The van der Waals surface area contributed by atoms with Crippen molar-refractivity contribution in [1.29, 1.82) is 0 Å². The molecule has 202 valence electrons. The van der Waals surface area contributed by atoms with Crippen molar-refractivity contribution in [3.05, 3.63) is 83.9 Å². The van der Waals surface area contributed by atoms with Crippen LogP contribution in [-0.2, 0) is 20.9 Å². The van der Waals surface area contributed by atoms with Gasteiger partial charge in [-0.05, 0) is 54.2 Å². The van der Waals surface area contributed by atoms with Crippen molar-refractivity contribution in [3.63, 3.8) is 0 Å². The van der Waals surface area contributed by atoms with Gasteiger partial charge in [0.25, 0.3) is 0 Å². The van der Waals surface area contributed by atoms with Gasteiger partial charge in [0.2, 0.25) is 11.8 Å². The lowest BCUT2D eigenvalue weighted by atomic mass is 9.83. The zero-order valence-electron chi connectivity index (χ0n) is 21.8. The molecule has 0 unspecified atom stereocenters. The molecule has 6 rings (SSSR count). The molecule has 0 bridgehead atoms. The van der Waals surface area contributed by atoms with Crippen molar-refractivity contribution in [3.8, 4) is 16.9 Å². The van der Waals surface area contributed by atoms with Crippen molar-refractivity contribution < 1.29 is 24.2 Å². The lowest BCUT2D eigenvalue weighted by Crippen LogP contribution is -2.47. The molecule has 1 saturated heterocycles. The molecule has 3 aromatic carbocycles. The Bertz CT molecular complexity index is 1320. The number of aliphatic hydroxyl groups is 1. The Labute approximate surface area is 228 Å². The molecule has 0 spiro atoms. The van der Waals surface area contributed by atoms with Crippen LogP contribution in [0, 0.1) is 5.92 Å². The van der Waals surface area contributed by atoms with Crippen LogP contribution in [0.1, 0.15) is 49.1 Å². The van der Waals surface area contributed by atoms with Gasteiger partial charge in [0.1, 0.15) is 18.0 Å². The fourth-order valence-electron chi connectivity index (χ4n) is 5.81. The number of anilines is 1. The number of hydrogen-bond acceptors (Lipinski definition) is 5. The van der Waals surface area contributed by atoms with Gasteiger partial charge >= 0.3 is 0 Å². The topological polar surface area (TPSA) is 96.9 Å².